The number of alkyl halides is 6. The van der Waals surface area contributed by atoms with Crippen molar-refractivity contribution in [3.8, 4) is 0 Å². The Kier molecular flexibility index (Phi) is 6.30. The Morgan fingerprint density at radius 3 is 2.10 bits per heavy atom. The van der Waals surface area contributed by atoms with Crippen molar-refractivity contribution in [3.63, 3.8) is 0 Å². The third kappa shape index (κ3) is 5.00. The van der Waals surface area contributed by atoms with Crippen molar-refractivity contribution >= 4 is 0 Å². The normalized spacial score (nSPS) is 27.0. The fourth-order valence-corrected chi connectivity index (χ4v) is 2.17. The summed E-state index contributed by atoms with van der Waals surface area (Å²) in [5.74, 6) is 0. The topological polar surface area (TPSA) is 30.5 Å². The van der Waals surface area contributed by atoms with Gasteiger partial charge in [0.1, 0.15) is 0 Å². The number of hydrogen-bond donors (Lipinski definition) is 1. The predicted octanol–water partition coefficient (Wildman–Crippen LogP) is 3.04. The molecule has 1 N–H and O–H groups in total. The van der Waals surface area contributed by atoms with Crippen molar-refractivity contribution in [2.75, 3.05) is 13.2 Å². The maximum Gasteiger partial charge on any atom is 0.423 e. The SMILES string of the molecule is CCCNC1CC(OC(C(F)(F)F)C(F)(F)F)C1OCC. The van der Waals surface area contributed by atoms with E-state index in [-0.39, 0.29) is 19.1 Å². The molecule has 0 saturated heterocycles. The molecule has 0 aromatic carbocycles. The molecule has 0 aliphatic heterocycles. The lowest BCUT2D eigenvalue weighted by molar-refractivity contribution is -0.345. The number of halogens is 6. The largest absolute Gasteiger partial charge is 0.423 e. The van der Waals surface area contributed by atoms with E-state index in [1.807, 2.05) is 6.92 Å². The molecule has 3 unspecified atom stereocenters. The zero-order valence-electron chi connectivity index (χ0n) is 11.7. The highest BCUT2D eigenvalue weighted by molar-refractivity contribution is 4.98. The van der Waals surface area contributed by atoms with Crippen molar-refractivity contribution in [1.82, 2.24) is 5.32 Å². The number of ether oxygens (including phenoxy) is 2. The van der Waals surface area contributed by atoms with Gasteiger partial charge in [0, 0.05) is 12.6 Å². The second-order valence-electron chi connectivity index (χ2n) is 4.85. The summed E-state index contributed by atoms with van der Waals surface area (Å²) in [5.41, 5.74) is 0. The van der Waals surface area contributed by atoms with Gasteiger partial charge in [-0.25, -0.2) is 0 Å². The molecule has 0 spiro atoms. The number of rotatable bonds is 7. The van der Waals surface area contributed by atoms with Crippen molar-refractivity contribution < 1.29 is 35.8 Å². The van der Waals surface area contributed by atoms with Gasteiger partial charge in [-0.2, -0.15) is 26.3 Å². The molecule has 0 heterocycles. The Morgan fingerprint density at radius 2 is 1.67 bits per heavy atom. The second-order valence-corrected chi connectivity index (χ2v) is 4.85. The first kappa shape index (κ1) is 18.5. The molecule has 0 aromatic rings. The Hall–Kier alpha value is -0.540. The van der Waals surface area contributed by atoms with Gasteiger partial charge in [-0.3, -0.25) is 0 Å². The summed E-state index contributed by atoms with van der Waals surface area (Å²) in [4.78, 5) is 0. The van der Waals surface area contributed by atoms with Crippen LogP contribution in [0.3, 0.4) is 0 Å². The molecule has 9 heteroatoms. The van der Waals surface area contributed by atoms with Crippen molar-refractivity contribution in [3.05, 3.63) is 0 Å². The monoisotopic (exact) mass is 323 g/mol. The summed E-state index contributed by atoms with van der Waals surface area (Å²) in [5, 5.41) is 3.02. The Balaban J connectivity index is 2.67. The van der Waals surface area contributed by atoms with E-state index in [1.165, 1.54) is 0 Å². The summed E-state index contributed by atoms with van der Waals surface area (Å²) in [7, 11) is 0. The minimum atomic E-state index is -5.49. The van der Waals surface area contributed by atoms with Gasteiger partial charge in [0.2, 0.25) is 6.10 Å². The Morgan fingerprint density at radius 1 is 1.10 bits per heavy atom. The predicted molar refractivity (Wildman–Crippen MR) is 62.9 cm³/mol. The van der Waals surface area contributed by atoms with Crippen molar-refractivity contribution in [2.45, 2.75) is 63.4 Å². The van der Waals surface area contributed by atoms with Crippen LogP contribution in [0.4, 0.5) is 26.3 Å². The van der Waals surface area contributed by atoms with E-state index in [0.717, 1.165) is 6.42 Å². The molecule has 126 valence electrons. The zero-order chi connectivity index (χ0) is 16.3. The molecule has 0 amide bonds. The highest BCUT2D eigenvalue weighted by Crippen LogP contribution is 2.39. The summed E-state index contributed by atoms with van der Waals surface area (Å²) in [6, 6.07) is -0.281. The molecular formula is C12H19F6NO2. The fourth-order valence-electron chi connectivity index (χ4n) is 2.17. The minimum Gasteiger partial charge on any atom is -0.374 e. The molecule has 0 radical (unpaired) electrons. The third-order valence-corrected chi connectivity index (χ3v) is 3.17. The minimum absolute atomic E-state index is 0.0628. The first-order valence-electron chi connectivity index (χ1n) is 6.75. The Bertz CT molecular complexity index is 306. The molecule has 1 aliphatic carbocycles. The van der Waals surface area contributed by atoms with Gasteiger partial charge in [-0.05, 0) is 26.3 Å². The first-order chi connectivity index (χ1) is 9.61. The summed E-state index contributed by atoms with van der Waals surface area (Å²) < 4.78 is 84.2. The van der Waals surface area contributed by atoms with Gasteiger partial charge in [0.15, 0.2) is 0 Å². The second kappa shape index (κ2) is 7.15. The van der Waals surface area contributed by atoms with Crippen LogP contribution in [0.15, 0.2) is 0 Å². The molecule has 21 heavy (non-hydrogen) atoms. The van der Waals surface area contributed by atoms with Gasteiger partial charge in [0.05, 0.1) is 12.2 Å². The molecule has 3 nitrogen and oxygen atoms in total. The average molecular weight is 323 g/mol. The maximum atomic E-state index is 12.4. The highest BCUT2D eigenvalue weighted by atomic mass is 19.4. The van der Waals surface area contributed by atoms with Crippen LogP contribution in [0.1, 0.15) is 26.7 Å². The van der Waals surface area contributed by atoms with Crippen LogP contribution < -0.4 is 5.32 Å². The van der Waals surface area contributed by atoms with Gasteiger partial charge >= 0.3 is 12.4 Å². The number of hydrogen-bond acceptors (Lipinski definition) is 3. The van der Waals surface area contributed by atoms with Crippen LogP contribution in [0, 0.1) is 0 Å². The molecule has 0 aromatic heterocycles. The van der Waals surface area contributed by atoms with E-state index in [0.29, 0.717) is 6.54 Å². The maximum absolute atomic E-state index is 12.4. The summed E-state index contributed by atoms with van der Waals surface area (Å²) >= 11 is 0. The standard InChI is InChI=1S/C12H19F6NO2/c1-3-5-19-7-6-8(9(7)20-4-2)21-10(11(13,14)15)12(16,17)18/h7-10,19H,3-6H2,1-2H3. The summed E-state index contributed by atoms with van der Waals surface area (Å²) in [6.07, 6.45) is -15.9. The fraction of sp³-hybridized carbons (Fsp3) is 1.00. The van der Waals surface area contributed by atoms with Crippen LogP contribution in [-0.2, 0) is 9.47 Å². The average Bonchev–Trinajstić information content (AvgIpc) is 2.31. The van der Waals surface area contributed by atoms with Crippen molar-refractivity contribution in [1.29, 1.82) is 0 Å². The van der Waals surface area contributed by atoms with Gasteiger partial charge < -0.3 is 14.8 Å². The van der Waals surface area contributed by atoms with Crippen molar-refractivity contribution in [2.24, 2.45) is 0 Å². The quantitative estimate of drug-likeness (QED) is 0.731. The van der Waals surface area contributed by atoms with Gasteiger partial charge in [0.25, 0.3) is 0 Å². The lowest BCUT2D eigenvalue weighted by atomic mass is 9.84. The molecule has 1 saturated carbocycles. The van der Waals surface area contributed by atoms with E-state index < -0.39 is 30.7 Å². The van der Waals surface area contributed by atoms with E-state index in [9.17, 15) is 26.3 Å². The van der Waals surface area contributed by atoms with E-state index in [2.05, 4.69) is 10.1 Å². The molecular weight excluding hydrogens is 304 g/mol. The summed E-state index contributed by atoms with van der Waals surface area (Å²) in [6.45, 7) is 4.33. The zero-order valence-corrected chi connectivity index (χ0v) is 11.7. The molecule has 0 bridgehead atoms. The third-order valence-electron chi connectivity index (χ3n) is 3.17. The van der Waals surface area contributed by atoms with Crippen LogP contribution in [0.5, 0.6) is 0 Å². The molecule has 3 atom stereocenters. The van der Waals surface area contributed by atoms with E-state index >= 15 is 0 Å². The van der Waals surface area contributed by atoms with Crippen LogP contribution >= 0.6 is 0 Å². The van der Waals surface area contributed by atoms with Gasteiger partial charge in [-0.1, -0.05) is 6.92 Å². The lowest BCUT2D eigenvalue weighted by Gasteiger charge is -2.45. The number of nitrogens with one attached hydrogen (secondary N) is 1. The molecule has 1 fully saturated rings. The highest BCUT2D eigenvalue weighted by Gasteiger charge is 2.60. The van der Waals surface area contributed by atoms with E-state index in [1.54, 1.807) is 6.92 Å². The molecule has 1 rings (SSSR count). The van der Waals surface area contributed by atoms with Crippen LogP contribution in [0.25, 0.3) is 0 Å². The first-order valence-corrected chi connectivity index (χ1v) is 6.75. The van der Waals surface area contributed by atoms with Gasteiger partial charge in [-0.15, -0.1) is 0 Å². The van der Waals surface area contributed by atoms with Crippen LogP contribution in [0.2, 0.25) is 0 Å². The molecule has 1 aliphatic rings. The lowest BCUT2D eigenvalue weighted by Crippen LogP contribution is -2.63. The Labute approximate surface area is 119 Å². The smallest absolute Gasteiger partial charge is 0.374 e. The van der Waals surface area contributed by atoms with Crippen LogP contribution in [-0.4, -0.2) is 49.9 Å². The van der Waals surface area contributed by atoms with E-state index in [4.69, 9.17) is 4.74 Å².